The number of para-hydroxylation sites is 2. The fourth-order valence-corrected chi connectivity index (χ4v) is 2.80. The number of benzene rings is 1. The van der Waals surface area contributed by atoms with Crippen molar-refractivity contribution in [3.8, 4) is 0 Å². The third kappa shape index (κ3) is 11.3. The predicted octanol–water partition coefficient (Wildman–Crippen LogP) is 5.99. The molecule has 6 heteroatoms. The van der Waals surface area contributed by atoms with E-state index in [1.54, 1.807) is 0 Å². The molecule has 0 fully saturated rings. The second-order valence-electron chi connectivity index (χ2n) is 6.57. The molecule has 0 aliphatic heterocycles. The normalized spacial score (nSPS) is 11.2. The van der Waals surface area contributed by atoms with Crippen molar-refractivity contribution in [2.45, 2.75) is 43.6 Å². The topological polar surface area (TPSA) is 45.3 Å². The van der Waals surface area contributed by atoms with E-state index in [1.165, 1.54) is 0 Å². The predicted molar refractivity (Wildman–Crippen MR) is 106 cm³/mol. The Morgan fingerprint density at radius 3 is 2.08 bits per heavy atom. The summed E-state index contributed by atoms with van der Waals surface area (Å²) in [5.41, 5.74) is 1.89. The zero-order valence-electron chi connectivity index (χ0n) is 14.9. The molecule has 0 saturated heterocycles. The molecule has 0 bridgehead atoms. The number of hydrogen-bond donors (Lipinski definition) is 0. The third-order valence-corrected chi connectivity index (χ3v) is 4.44. The van der Waals surface area contributed by atoms with E-state index in [0.717, 1.165) is 48.9 Å². The van der Waals surface area contributed by atoms with Crippen LogP contribution in [0.25, 0.3) is 10.6 Å². The number of rotatable bonds is 10. The first-order valence-electron chi connectivity index (χ1n) is 7.78. The summed E-state index contributed by atoms with van der Waals surface area (Å²) < 4.78 is 8.12. The van der Waals surface area contributed by atoms with E-state index in [-0.39, 0.29) is 9.49 Å². The Labute approximate surface area is 167 Å². The number of thioether (sulfide) groups is 1. The van der Waals surface area contributed by atoms with Crippen molar-refractivity contribution in [1.29, 1.82) is 0 Å². The van der Waals surface area contributed by atoms with Crippen LogP contribution in [-0.4, -0.2) is 28.3 Å². The maximum atomic E-state index is 8.22. The fraction of sp³-hybridized carbons (Fsp3) is 0.556. The second-order valence-corrected chi connectivity index (χ2v) is 9.47. The summed E-state index contributed by atoms with van der Waals surface area (Å²) >= 11 is 8.21. The molecule has 24 heavy (non-hydrogen) atoms. The van der Waals surface area contributed by atoms with Gasteiger partial charge in [-0.2, -0.15) is 27.9 Å². The van der Waals surface area contributed by atoms with E-state index < -0.39 is 0 Å². The Morgan fingerprint density at radius 1 is 1.12 bits per heavy atom. The van der Waals surface area contributed by atoms with E-state index in [4.69, 9.17) is 21.4 Å². The molecule has 1 aromatic rings. The number of allylic oxidation sites excluding steroid dienone is 1. The van der Waals surface area contributed by atoms with Gasteiger partial charge in [0.25, 0.3) is 0 Å². The zero-order chi connectivity index (χ0) is 18.6. The van der Waals surface area contributed by atoms with Crippen molar-refractivity contribution >= 4 is 35.8 Å². The Hall–Kier alpha value is -0.291. The van der Waals surface area contributed by atoms with Crippen LogP contribution >= 0.6 is 11.8 Å². The first-order valence-corrected chi connectivity index (χ1v) is 9.93. The van der Waals surface area contributed by atoms with Gasteiger partial charge in [0.2, 0.25) is 0 Å². The van der Waals surface area contributed by atoms with Gasteiger partial charge in [0, 0.05) is 0 Å². The molecular formula is C18H27N2OS2Tc. The fourth-order valence-electron chi connectivity index (χ4n) is 1.75. The molecule has 0 atom stereocenters. The molecule has 1 aromatic carbocycles. The Morgan fingerprint density at radius 2 is 1.62 bits per heavy atom. The molecule has 134 valence electrons. The quantitative estimate of drug-likeness (QED) is 0.250. The van der Waals surface area contributed by atoms with Crippen LogP contribution in [0.2, 0.25) is 0 Å². The van der Waals surface area contributed by atoms with Gasteiger partial charge in [0.1, 0.15) is 0 Å². The van der Waals surface area contributed by atoms with E-state index >= 15 is 0 Å². The van der Waals surface area contributed by atoms with E-state index in [2.05, 4.69) is 25.7 Å². The minimum absolute atomic E-state index is 0.118. The van der Waals surface area contributed by atoms with Gasteiger partial charge in [0.15, 0.2) is 0 Å². The van der Waals surface area contributed by atoms with Gasteiger partial charge in [0.05, 0.1) is 0 Å². The summed E-state index contributed by atoms with van der Waals surface area (Å²) in [6, 6.07) is 8.05. The molecule has 0 aromatic heterocycles. The van der Waals surface area contributed by atoms with Crippen LogP contribution in [0.4, 0.5) is 11.4 Å². The van der Waals surface area contributed by atoms with Gasteiger partial charge in [-0.25, -0.2) is 0 Å². The van der Waals surface area contributed by atoms with Crippen molar-refractivity contribution in [2.75, 3.05) is 18.8 Å². The first-order chi connectivity index (χ1) is 11.2. The molecule has 0 aliphatic carbocycles. The molecule has 0 saturated carbocycles. The first kappa shape index (κ1) is 23.7. The maximum absolute atomic E-state index is 8.22. The minimum atomic E-state index is -0.215. The number of nitrogens with zero attached hydrogens (tertiary/aromatic N) is 2. The van der Waals surface area contributed by atoms with Crippen LogP contribution in [0.3, 0.4) is 0 Å². The summed E-state index contributed by atoms with van der Waals surface area (Å²) in [7, 11) is 0. The number of hydrogen-bond acceptors (Lipinski definition) is 3. The van der Waals surface area contributed by atoms with Crippen LogP contribution in [0.5, 0.6) is 0 Å². The standard InChI is InChI=1S/C18H28N2S2.O.Tc/c1-6-7-12-22-18(4,5)14-20-16-11-9-8-10-15(16)19-13-17(2,3)21;;/h6,8-11,21H,1,7,12-14H2,2-5H3;;/q-2;;+3/p-1. The molecule has 0 heterocycles. The summed E-state index contributed by atoms with van der Waals surface area (Å²) in [6.45, 7) is 13.7. The van der Waals surface area contributed by atoms with Gasteiger partial charge in [-0.1, -0.05) is 58.0 Å². The zero-order valence-corrected chi connectivity index (χ0v) is 18.4. The molecule has 0 unspecified atom stereocenters. The molecule has 0 radical (unpaired) electrons. The summed E-state index contributed by atoms with van der Waals surface area (Å²) in [5, 5.41) is 9.42. The molecular weight excluding hydrogens is 422 g/mol. The van der Waals surface area contributed by atoms with E-state index in [9.17, 15) is 0 Å². The molecule has 0 aliphatic rings. The van der Waals surface area contributed by atoms with Crippen molar-refractivity contribution in [3.63, 3.8) is 0 Å². The van der Waals surface area contributed by atoms with Crippen molar-refractivity contribution in [2.24, 2.45) is 0 Å². The molecule has 0 amide bonds. The molecule has 3 nitrogen and oxygen atoms in total. The van der Waals surface area contributed by atoms with E-state index in [1.807, 2.05) is 56.0 Å². The van der Waals surface area contributed by atoms with Crippen molar-refractivity contribution < 1.29 is 22.4 Å². The summed E-state index contributed by atoms with van der Waals surface area (Å²) in [4.78, 5) is 0. The Bertz CT molecular complexity index is 490. The van der Waals surface area contributed by atoms with Crippen LogP contribution in [-0.2, 0) is 35.0 Å². The molecule has 1 rings (SSSR count). The molecule has 0 spiro atoms. The second kappa shape index (κ2) is 12.1. The summed E-state index contributed by atoms with van der Waals surface area (Å²) in [5.74, 6) is 1.09. The van der Waals surface area contributed by atoms with Gasteiger partial charge in [-0.05, 0) is 16.9 Å². The average molecular weight is 450 g/mol. The SMILES string of the molecule is C=CCCSC(C)(C)C[N-]c1ccccc1[N-]CC(C)(C)[S-].[O]=[Tc+3]. The summed E-state index contributed by atoms with van der Waals surface area (Å²) in [6.07, 6.45) is 3.00. The van der Waals surface area contributed by atoms with Crippen LogP contribution in [0.1, 0.15) is 34.1 Å². The van der Waals surface area contributed by atoms with Crippen LogP contribution in [0, 0.1) is 0 Å². The average Bonchev–Trinajstić information content (AvgIpc) is 2.53. The van der Waals surface area contributed by atoms with Gasteiger partial charge in [-0.15, -0.1) is 19.7 Å². The Kier molecular flexibility index (Phi) is 12.0. The van der Waals surface area contributed by atoms with Crippen LogP contribution < -0.4 is 0 Å². The Balaban J connectivity index is 0.00000254. The third-order valence-electron chi connectivity index (χ3n) is 2.96. The van der Waals surface area contributed by atoms with Crippen molar-refractivity contribution in [1.82, 2.24) is 0 Å². The molecule has 0 N–H and O–H groups in total. The monoisotopic (exact) mass is 448 g/mol. The van der Waals surface area contributed by atoms with Crippen molar-refractivity contribution in [3.05, 3.63) is 47.6 Å². The van der Waals surface area contributed by atoms with Gasteiger partial charge >= 0.3 is 22.4 Å². The van der Waals surface area contributed by atoms with E-state index in [0.29, 0.717) is 6.54 Å². The van der Waals surface area contributed by atoms with Crippen LogP contribution in [0.15, 0.2) is 36.9 Å². The van der Waals surface area contributed by atoms with Gasteiger partial charge in [-0.3, -0.25) is 0 Å². The van der Waals surface area contributed by atoms with Gasteiger partial charge < -0.3 is 23.3 Å².